The smallest absolute Gasteiger partial charge is 0.348 e. The van der Waals surface area contributed by atoms with Crippen LogP contribution in [-0.4, -0.2) is 77.6 Å². The van der Waals surface area contributed by atoms with Gasteiger partial charge in [0, 0.05) is 23.8 Å². The zero-order valence-electron chi connectivity index (χ0n) is 21.9. The molecule has 0 amide bonds. The first-order valence-electron chi connectivity index (χ1n) is 12.6. The number of aliphatic hydroxyl groups is 2. The lowest BCUT2D eigenvalue weighted by Gasteiger charge is -2.67. The Hall–Kier alpha value is -2.56. The monoisotopic (exact) mass is 518 g/mol. The molecule has 5 rings (SSSR count). The summed E-state index contributed by atoms with van der Waals surface area (Å²) in [6.07, 6.45) is -4.05. The Labute approximate surface area is 215 Å². The van der Waals surface area contributed by atoms with E-state index in [-0.39, 0.29) is 24.7 Å². The van der Waals surface area contributed by atoms with E-state index in [2.05, 4.69) is 0 Å². The Morgan fingerprint density at radius 3 is 2.43 bits per heavy atom. The average molecular weight is 519 g/mol. The zero-order valence-corrected chi connectivity index (χ0v) is 21.9. The van der Waals surface area contributed by atoms with Gasteiger partial charge in [-0.3, -0.25) is 4.79 Å². The molecule has 10 nitrogen and oxygen atoms in total. The number of Topliss-reactive ketones (excluding diaryl/α,β-unsaturated/α-hetero) is 1. The summed E-state index contributed by atoms with van der Waals surface area (Å²) in [4.78, 5) is 52.5. The van der Waals surface area contributed by atoms with E-state index in [4.69, 9.17) is 18.9 Å². The van der Waals surface area contributed by atoms with Crippen molar-refractivity contribution in [3.63, 3.8) is 0 Å². The van der Waals surface area contributed by atoms with E-state index < -0.39 is 70.6 Å². The van der Waals surface area contributed by atoms with Crippen LogP contribution in [0.5, 0.6) is 0 Å². The Balaban J connectivity index is 1.74. The maximum atomic E-state index is 13.4. The lowest BCUT2D eigenvalue weighted by Crippen LogP contribution is -2.79. The first kappa shape index (κ1) is 26.1. The van der Waals surface area contributed by atoms with Gasteiger partial charge in [0.25, 0.3) is 0 Å². The van der Waals surface area contributed by atoms with Crippen molar-refractivity contribution in [2.75, 3.05) is 13.7 Å². The number of rotatable bonds is 3. The molecule has 4 fully saturated rings. The van der Waals surface area contributed by atoms with Crippen LogP contribution in [0.4, 0.5) is 0 Å². The van der Waals surface area contributed by atoms with Crippen LogP contribution in [0.15, 0.2) is 22.8 Å². The molecule has 2 saturated carbocycles. The van der Waals surface area contributed by atoms with Gasteiger partial charge < -0.3 is 29.2 Å². The number of allylic oxidation sites excluding steroid dienone is 3. The lowest BCUT2D eigenvalue weighted by atomic mass is 9.38. The first-order valence-corrected chi connectivity index (χ1v) is 12.6. The molecular weight excluding hydrogens is 484 g/mol. The fourth-order valence-corrected chi connectivity index (χ4v) is 8.40. The number of methoxy groups -OCH3 is 1. The summed E-state index contributed by atoms with van der Waals surface area (Å²) in [5, 5.41) is 23.2. The summed E-state index contributed by atoms with van der Waals surface area (Å²) < 4.78 is 22.7. The molecule has 1 spiro atoms. The van der Waals surface area contributed by atoms with Crippen LogP contribution in [0, 0.1) is 28.6 Å². The third kappa shape index (κ3) is 3.09. The van der Waals surface area contributed by atoms with Crippen LogP contribution in [0.1, 0.15) is 47.5 Å². The van der Waals surface area contributed by atoms with Crippen LogP contribution < -0.4 is 0 Å². The molecule has 0 unspecified atom stereocenters. The van der Waals surface area contributed by atoms with Gasteiger partial charge in [0.1, 0.15) is 12.2 Å². The van der Waals surface area contributed by atoms with Crippen molar-refractivity contribution in [2.24, 2.45) is 28.6 Å². The third-order valence-electron chi connectivity index (χ3n) is 9.86. The molecular formula is C27H34O10. The average Bonchev–Trinajstić information content (AvgIpc) is 3.12. The van der Waals surface area contributed by atoms with Crippen molar-refractivity contribution >= 4 is 23.7 Å². The second-order valence-electron chi connectivity index (χ2n) is 11.8. The van der Waals surface area contributed by atoms with E-state index in [0.29, 0.717) is 17.6 Å². The van der Waals surface area contributed by atoms with Gasteiger partial charge in [0.2, 0.25) is 11.7 Å². The van der Waals surface area contributed by atoms with Crippen LogP contribution in [0.2, 0.25) is 0 Å². The quantitative estimate of drug-likeness (QED) is 0.315. The van der Waals surface area contributed by atoms with Crippen molar-refractivity contribution in [2.45, 2.75) is 77.5 Å². The molecule has 2 heterocycles. The van der Waals surface area contributed by atoms with Crippen molar-refractivity contribution in [3.8, 4) is 0 Å². The highest BCUT2D eigenvalue weighted by Crippen LogP contribution is 2.72. The summed E-state index contributed by atoms with van der Waals surface area (Å²) >= 11 is 0. The zero-order chi connectivity index (χ0) is 27.2. The topological polar surface area (TPSA) is 146 Å². The van der Waals surface area contributed by atoms with Gasteiger partial charge in [0.15, 0.2) is 5.78 Å². The third-order valence-corrected chi connectivity index (χ3v) is 9.86. The Morgan fingerprint density at radius 1 is 1.14 bits per heavy atom. The van der Waals surface area contributed by atoms with Crippen LogP contribution in [-0.2, 0) is 38.1 Å². The highest BCUT2D eigenvalue weighted by molar-refractivity contribution is 5.97. The van der Waals surface area contributed by atoms with E-state index in [0.717, 1.165) is 12.7 Å². The van der Waals surface area contributed by atoms with Gasteiger partial charge in [-0.2, -0.15) is 0 Å². The maximum absolute atomic E-state index is 13.4. The SMILES string of the molecule is COC(=O)[C@]12OC[C@]34[C@H]([C@@H](O)[C@@H]1O)[C@@]1(C)CC(=O)C(C)=C(C)[C@@H]1C[C@H]3OC(=O)[C@H](OC(=O)C=C(C)C)[C@@H]24. The standard InChI is InChI=1S/C27H34O10/c1-11(2)7-17(29)37-19-21-26-10-35-27(21,24(33)34-6)22(31)18(30)20(26)25(5)9-15(28)13(4)12(3)14(25)8-16(26)36-23(19)32/h7,14,16,18-22,30-31H,8-10H2,1-6H3/t14-,16+,18+,19+,20+,21+,22-,25-,26+,27+/m0/s1. The summed E-state index contributed by atoms with van der Waals surface area (Å²) in [7, 11) is 1.12. The second kappa shape index (κ2) is 8.22. The van der Waals surface area contributed by atoms with Crippen molar-refractivity contribution in [1.29, 1.82) is 0 Å². The van der Waals surface area contributed by atoms with Crippen molar-refractivity contribution in [1.82, 2.24) is 0 Å². The van der Waals surface area contributed by atoms with Gasteiger partial charge >= 0.3 is 17.9 Å². The number of hydrogen-bond acceptors (Lipinski definition) is 10. The largest absolute Gasteiger partial charge is 0.467 e. The van der Waals surface area contributed by atoms with Gasteiger partial charge in [-0.05, 0) is 51.0 Å². The number of ether oxygens (including phenoxy) is 4. The normalized spacial score (nSPS) is 45.9. The molecule has 10 heteroatoms. The highest BCUT2D eigenvalue weighted by Gasteiger charge is 2.85. The molecule has 0 aromatic heterocycles. The number of ketones is 1. The van der Waals surface area contributed by atoms with Gasteiger partial charge in [0.05, 0.1) is 25.7 Å². The molecule has 3 aliphatic carbocycles. The van der Waals surface area contributed by atoms with Crippen molar-refractivity contribution < 1.29 is 48.3 Å². The Kier molecular flexibility index (Phi) is 5.79. The minimum atomic E-state index is -2.17. The van der Waals surface area contributed by atoms with E-state index in [1.807, 2.05) is 13.8 Å². The van der Waals surface area contributed by atoms with Gasteiger partial charge in [-0.25, -0.2) is 14.4 Å². The minimum Gasteiger partial charge on any atom is -0.467 e. The number of aliphatic hydroxyl groups excluding tert-OH is 2. The molecule has 37 heavy (non-hydrogen) atoms. The molecule has 2 N–H and O–H groups in total. The van der Waals surface area contributed by atoms with E-state index in [1.165, 1.54) is 6.08 Å². The lowest BCUT2D eigenvalue weighted by molar-refractivity contribution is -0.290. The summed E-state index contributed by atoms with van der Waals surface area (Å²) in [6.45, 7) is 8.76. The molecule has 2 bridgehead atoms. The molecule has 10 atom stereocenters. The molecule has 2 aliphatic heterocycles. The number of carbonyl (C=O) groups is 4. The molecule has 0 aromatic carbocycles. The van der Waals surface area contributed by atoms with E-state index in [1.54, 1.807) is 20.8 Å². The van der Waals surface area contributed by atoms with Crippen molar-refractivity contribution in [3.05, 3.63) is 22.8 Å². The highest BCUT2D eigenvalue weighted by atomic mass is 16.6. The number of esters is 3. The predicted octanol–water partition coefficient (Wildman–Crippen LogP) is 1.02. The Morgan fingerprint density at radius 2 is 1.81 bits per heavy atom. The summed E-state index contributed by atoms with van der Waals surface area (Å²) in [5.74, 6) is -4.93. The number of fused-ring (bicyclic) bond motifs is 2. The molecule has 202 valence electrons. The fraction of sp³-hybridized carbons (Fsp3) is 0.704. The van der Waals surface area contributed by atoms with E-state index >= 15 is 0 Å². The molecule has 2 saturated heterocycles. The Bertz CT molecular complexity index is 1150. The van der Waals surface area contributed by atoms with E-state index in [9.17, 15) is 29.4 Å². The molecule has 5 aliphatic rings. The predicted molar refractivity (Wildman–Crippen MR) is 126 cm³/mol. The first-order chi connectivity index (χ1) is 17.3. The second-order valence-corrected chi connectivity index (χ2v) is 11.8. The summed E-state index contributed by atoms with van der Waals surface area (Å²) in [6, 6.07) is 0. The number of hydrogen-bond donors (Lipinski definition) is 2. The molecule has 0 aromatic rings. The van der Waals surface area contributed by atoms with Crippen LogP contribution in [0.25, 0.3) is 0 Å². The van der Waals surface area contributed by atoms with Crippen LogP contribution >= 0.6 is 0 Å². The molecule has 0 radical (unpaired) electrons. The summed E-state index contributed by atoms with van der Waals surface area (Å²) in [5.41, 5.74) is -2.10. The minimum absolute atomic E-state index is 0.0626. The van der Waals surface area contributed by atoms with Crippen LogP contribution in [0.3, 0.4) is 0 Å². The van der Waals surface area contributed by atoms with Gasteiger partial charge in [-0.15, -0.1) is 0 Å². The fourth-order valence-electron chi connectivity index (χ4n) is 8.40. The maximum Gasteiger partial charge on any atom is 0.348 e. The van der Waals surface area contributed by atoms with Gasteiger partial charge in [-0.1, -0.05) is 18.1 Å². The number of carbonyl (C=O) groups excluding carboxylic acids is 4.